The van der Waals surface area contributed by atoms with Crippen LogP contribution in [-0.4, -0.2) is 0 Å². The Kier molecular flexibility index (Phi) is 5.63. The van der Waals surface area contributed by atoms with Crippen molar-refractivity contribution in [1.82, 2.24) is 0 Å². The van der Waals surface area contributed by atoms with E-state index in [1.165, 1.54) is 16.3 Å². The Balaban J connectivity index is 1.22. The lowest BCUT2D eigenvalue weighted by Gasteiger charge is -2.26. The molecule has 11 aromatic rings. The van der Waals surface area contributed by atoms with Crippen molar-refractivity contribution in [2.75, 3.05) is 4.90 Å². The zero-order valence-corrected chi connectivity index (χ0v) is 26.8. The van der Waals surface area contributed by atoms with Crippen LogP contribution < -0.4 is 4.90 Å². The van der Waals surface area contributed by atoms with E-state index < -0.39 is 0 Å². The minimum Gasteiger partial charge on any atom is -0.454 e. The van der Waals surface area contributed by atoms with Gasteiger partial charge in [-0.15, -0.1) is 0 Å². The van der Waals surface area contributed by atoms with Crippen LogP contribution in [0.2, 0.25) is 0 Å². The van der Waals surface area contributed by atoms with Crippen molar-refractivity contribution >= 4 is 93.7 Å². The summed E-state index contributed by atoms with van der Waals surface area (Å²) < 4.78 is 19.9. The van der Waals surface area contributed by atoms with E-state index in [9.17, 15) is 0 Å². The van der Waals surface area contributed by atoms with Gasteiger partial charge in [-0.25, -0.2) is 0 Å². The highest BCUT2D eigenvalue weighted by Crippen LogP contribution is 2.50. The molecule has 0 N–H and O–H groups in total. The molecule has 8 aromatic carbocycles. The molecule has 3 aromatic heterocycles. The molecule has 234 valence electrons. The summed E-state index contributed by atoms with van der Waals surface area (Å²) in [7, 11) is 0. The smallest absolute Gasteiger partial charge is 0.180 e. The number of anilines is 3. The SMILES string of the molecule is c1ccc2cc(-c3ccc(N(c4cccc5c4oc4ccccc45)c4cc5c6ccccc6oc5c5oc6ccccc6c45)cc3)ccc2c1. The fourth-order valence-electron chi connectivity index (χ4n) is 7.71. The molecule has 0 fully saturated rings. The van der Waals surface area contributed by atoms with Gasteiger partial charge in [0.25, 0.3) is 0 Å². The number of benzene rings is 8. The van der Waals surface area contributed by atoms with Crippen LogP contribution in [-0.2, 0) is 0 Å². The van der Waals surface area contributed by atoms with Crippen LogP contribution in [0, 0.1) is 0 Å². The maximum Gasteiger partial charge on any atom is 0.180 e. The van der Waals surface area contributed by atoms with Gasteiger partial charge < -0.3 is 18.2 Å². The van der Waals surface area contributed by atoms with Crippen molar-refractivity contribution < 1.29 is 13.3 Å². The van der Waals surface area contributed by atoms with Gasteiger partial charge in [0.05, 0.1) is 16.8 Å². The van der Waals surface area contributed by atoms with Gasteiger partial charge in [0.2, 0.25) is 0 Å². The fourth-order valence-corrected chi connectivity index (χ4v) is 7.71. The molecule has 0 bridgehead atoms. The maximum absolute atomic E-state index is 6.68. The maximum atomic E-state index is 6.68. The van der Waals surface area contributed by atoms with Crippen LogP contribution in [0.4, 0.5) is 17.1 Å². The van der Waals surface area contributed by atoms with Crippen LogP contribution in [0.15, 0.2) is 177 Å². The molecule has 0 saturated carbocycles. The summed E-state index contributed by atoms with van der Waals surface area (Å²) in [4.78, 5) is 2.32. The standard InChI is InChI=1S/C46H27NO3/c1-2-11-30-26-31(21-20-28(30)10-1)29-22-24-32(25-23-29)47(38-16-9-15-35-33-12-3-6-17-40(33)48-44(35)38)39-27-37-34-13-4-7-18-41(34)49-45(37)46-43(39)36-14-5-8-19-42(36)50-46/h1-27H. The third-order valence-corrected chi connectivity index (χ3v) is 10.0. The van der Waals surface area contributed by atoms with Crippen molar-refractivity contribution in [2.45, 2.75) is 0 Å². The number of hydrogen-bond donors (Lipinski definition) is 0. The van der Waals surface area contributed by atoms with E-state index >= 15 is 0 Å². The number of para-hydroxylation sites is 4. The summed E-state index contributed by atoms with van der Waals surface area (Å²) in [6, 6.07) is 57.3. The summed E-state index contributed by atoms with van der Waals surface area (Å²) in [6.07, 6.45) is 0. The van der Waals surface area contributed by atoms with Crippen LogP contribution in [0.1, 0.15) is 0 Å². The number of fused-ring (bicyclic) bond motifs is 11. The Morgan fingerprint density at radius 2 is 0.920 bits per heavy atom. The van der Waals surface area contributed by atoms with Crippen molar-refractivity contribution in [3.05, 3.63) is 164 Å². The van der Waals surface area contributed by atoms with Crippen molar-refractivity contribution in [2.24, 2.45) is 0 Å². The zero-order chi connectivity index (χ0) is 32.8. The summed E-state index contributed by atoms with van der Waals surface area (Å²) in [5.74, 6) is 0. The third-order valence-electron chi connectivity index (χ3n) is 10.0. The molecule has 11 rings (SSSR count). The van der Waals surface area contributed by atoms with E-state index in [0.717, 1.165) is 88.4 Å². The van der Waals surface area contributed by atoms with Crippen molar-refractivity contribution in [3.63, 3.8) is 0 Å². The molecule has 0 aliphatic carbocycles. The number of furan rings is 3. The predicted octanol–water partition coefficient (Wildman–Crippen LogP) is 13.7. The molecule has 0 unspecified atom stereocenters. The highest BCUT2D eigenvalue weighted by Gasteiger charge is 2.26. The molecule has 4 heteroatoms. The largest absolute Gasteiger partial charge is 0.454 e. The van der Waals surface area contributed by atoms with Crippen LogP contribution in [0.5, 0.6) is 0 Å². The molecule has 50 heavy (non-hydrogen) atoms. The van der Waals surface area contributed by atoms with Gasteiger partial charge in [-0.1, -0.05) is 115 Å². The second-order valence-corrected chi connectivity index (χ2v) is 12.9. The molecule has 3 heterocycles. The summed E-state index contributed by atoms with van der Waals surface area (Å²) >= 11 is 0. The summed E-state index contributed by atoms with van der Waals surface area (Å²) in [6.45, 7) is 0. The molecule has 4 nitrogen and oxygen atoms in total. The second-order valence-electron chi connectivity index (χ2n) is 12.9. The van der Waals surface area contributed by atoms with Gasteiger partial charge in [0.15, 0.2) is 16.7 Å². The predicted molar refractivity (Wildman–Crippen MR) is 206 cm³/mol. The topological polar surface area (TPSA) is 42.7 Å². The molecular formula is C46H27NO3. The Hall–Kier alpha value is -6.78. The zero-order valence-electron chi connectivity index (χ0n) is 26.8. The minimum atomic E-state index is 0.726. The van der Waals surface area contributed by atoms with Gasteiger partial charge in [-0.2, -0.15) is 0 Å². The van der Waals surface area contributed by atoms with Crippen molar-refractivity contribution in [3.8, 4) is 11.1 Å². The Morgan fingerprint density at radius 3 is 1.70 bits per heavy atom. The summed E-state index contributed by atoms with van der Waals surface area (Å²) in [5.41, 5.74) is 10.0. The van der Waals surface area contributed by atoms with Gasteiger partial charge in [-0.3, -0.25) is 0 Å². The monoisotopic (exact) mass is 641 g/mol. The molecule has 0 aliphatic rings. The first-order valence-electron chi connectivity index (χ1n) is 16.8. The van der Waals surface area contributed by atoms with E-state index in [2.05, 4.69) is 132 Å². The molecule has 0 spiro atoms. The molecule has 0 radical (unpaired) electrons. The lowest BCUT2D eigenvalue weighted by molar-refractivity contribution is 0.633. The van der Waals surface area contributed by atoms with Crippen molar-refractivity contribution in [1.29, 1.82) is 0 Å². The number of rotatable bonds is 4. The Bertz CT molecular complexity index is 3110. The van der Waals surface area contributed by atoms with Crippen LogP contribution in [0.25, 0.3) is 87.7 Å². The number of nitrogens with zero attached hydrogens (tertiary/aromatic N) is 1. The normalized spacial score (nSPS) is 12.0. The highest BCUT2D eigenvalue weighted by atomic mass is 16.4. The molecule has 0 amide bonds. The van der Waals surface area contributed by atoms with E-state index in [-0.39, 0.29) is 0 Å². The quantitative estimate of drug-likeness (QED) is 0.192. The van der Waals surface area contributed by atoms with E-state index in [4.69, 9.17) is 13.3 Å². The average Bonchev–Trinajstić information content (AvgIpc) is 3.87. The van der Waals surface area contributed by atoms with Gasteiger partial charge in [0, 0.05) is 32.6 Å². The van der Waals surface area contributed by atoms with Crippen LogP contribution >= 0.6 is 0 Å². The molecule has 0 atom stereocenters. The second kappa shape index (κ2) is 10.4. The van der Waals surface area contributed by atoms with E-state index in [1.807, 2.05) is 36.4 Å². The minimum absolute atomic E-state index is 0.726. The molecule has 0 aliphatic heterocycles. The Morgan fingerprint density at radius 1 is 0.340 bits per heavy atom. The first-order valence-corrected chi connectivity index (χ1v) is 16.8. The highest BCUT2D eigenvalue weighted by molar-refractivity contribution is 6.25. The van der Waals surface area contributed by atoms with Gasteiger partial charge >= 0.3 is 0 Å². The number of hydrogen-bond acceptors (Lipinski definition) is 4. The molecular weight excluding hydrogens is 615 g/mol. The third kappa shape index (κ3) is 3.93. The summed E-state index contributed by atoms with van der Waals surface area (Å²) in [5, 5.41) is 8.66. The van der Waals surface area contributed by atoms with E-state index in [1.54, 1.807) is 0 Å². The van der Waals surface area contributed by atoms with Crippen LogP contribution in [0.3, 0.4) is 0 Å². The van der Waals surface area contributed by atoms with Gasteiger partial charge in [0.1, 0.15) is 16.7 Å². The van der Waals surface area contributed by atoms with E-state index in [0.29, 0.717) is 0 Å². The lowest BCUT2D eigenvalue weighted by Crippen LogP contribution is -2.10. The molecule has 0 saturated heterocycles. The average molecular weight is 642 g/mol. The lowest BCUT2D eigenvalue weighted by atomic mass is 10.00. The first-order chi connectivity index (χ1) is 24.8. The first kappa shape index (κ1) is 27.2. The Labute approximate surface area is 286 Å². The fraction of sp³-hybridized carbons (Fsp3) is 0. The van der Waals surface area contributed by atoms with Gasteiger partial charge in [-0.05, 0) is 70.4 Å².